The summed E-state index contributed by atoms with van der Waals surface area (Å²) in [6, 6.07) is 23.0. The predicted molar refractivity (Wildman–Crippen MR) is 185 cm³/mol. The zero-order valence-corrected chi connectivity index (χ0v) is 30.2. The molecular formula is C38H39BrF3N7O2. The second kappa shape index (κ2) is 15.1. The van der Waals surface area contributed by atoms with Gasteiger partial charge in [0.2, 0.25) is 0 Å². The molecule has 1 N–H and O–H groups in total. The van der Waals surface area contributed by atoms with E-state index in [1.54, 1.807) is 30.3 Å². The maximum atomic E-state index is 14.2. The van der Waals surface area contributed by atoms with Crippen LogP contribution in [0.2, 0.25) is 0 Å². The molecule has 0 spiro atoms. The molecule has 0 radical (unpaired) electrons. The van der Waals surface area contributed by atoms with E-state index >= 15 is 0 Å². The Kier molecular flexibility index (Phi) is 11.1. The lowest BCUT2D eigenvalue weighted by molar-refractivity contribution is -0.907. The minimum absolute atomic E-state index is 0. The van der Waals surface area contributed by atoms with Gasteiger partial charge in [0, 0.05) is 24.6 Å². The van der Waals surface area contributed by atoms with Gasteiger partial charge < -0.3 is 26.8 Å². The van der Waals surface area contributed by atoms with Gasteiger partial charge in [0.25, 0.3) is 11.5 Å². The van der Waals surface area contributed by atoms with Gasteiger partial charge in [-0.05, 0) is 62.1 Å². The molecule has 1 amide bonds. The Bertz CT molecular complexity index is 2090. The lowest BCUT2D eigenvalue weighted by Gasteiger charge is -2.36. The number of nitrogens with zero attached hydrogens (tertiary/aromatic N) is 6. The lowest BCUT2D eigenvalue weighted by atomic mass is 9.85. The predicted octanol–water partition coefficient (Wildman–Crippen LogP) is 4.17. The van der Waals surface area contributed by atoms with Crippen LogP contribution in [0, 0.1) is 12.5 Å². The van der Waals surface area contributed by atoms with Crippen molar-refractivity contribution in [2.24, 2.45) is 13.0 Å². The molecule has 3 aromatic carbocycles. The molecule has 9 nitrogen and oxygen atoms in total. The summed E-state index contributed by atoms with van der Waals surface area (Å²) in [5, 5.41) is 7.52. The summed E-state index contributed by atoms with van der Waals surface area (Å²) >= 11 is 0. The van der Waals surface area contributed by atoms with Crippen molar-refractivity contribution in [1.82, 2.24) is 24.5 Å². The summed E-state index contributed by atoms with van der Waals surface area (Å²) in [5.74, 6) is -0.109. The Morgan fingerprint density at radius 1 is 0.961 bits per heavy atom. The molecule has 1 saturated carbocycles. The first-order valence-corrected chi connectivity index (χ1v) is 16.5. The van der Waals surface area contributed by atoms with E-state index in [0.29, 0.717) is 23.0 Å². The Morgan fingerprint density at radius 3 is 2.29 bits per heavy atom. The van der Waals surface area contributed by atoms with Crippen LogP contribution in [0.15, 0.2) is 95.9 Å². The van der Waals surface area contributed by atoms with Crippen LogP contribution in [0.5, 0.6) is 0 Å². The highest BCUT2D eigenvalue weighted by Gasteiger charge is 2.34. The molecule has 1 aliphatic carbocycles. The molecule has 13 heteroatoms. The molecule has 0 unspecified atom stereocenters. The zero-order chi connectivity index (χ0) is 35.6. The second-order valence-corrected chi connectivity index (χ2v) is 13.6. The normalized spacial score (nSPS) is 16.3. The van der Waals surface area contributed by atoms with E-state index < -0.39 is 23.2 Å². The molecule has 1 fully saturated rings. The summed E-state index contributed by atoms with van der Waals surface area (Å²) in [6.07, 6.45) is 0.229. The average Bonchev–Trinajstić information content (AvgIpc) is 3.67. The molecule has 2 heterocycles. The highest BCUT2D eigenvalue weighted by atomic mass is 79.9. The highest BCUT2D eigenvalue weighted by Crippen LogP contribution is 2.32. The topological polar surface area (TPSA) is 78.2 Å². The number of carbonyl (C=O) groups is 1. The van der Waals surface area contributed by atoms with Crippen molar-refractivity contribution in [3.05, 3.63) is 130 Å². The molecule has 5 aromatic rings. The summed E-state index contributed by atoms with van der Waals surface area (Å²) in [5.41, 5.74) is 1.00. The first-order valence-electron chi connectivity index (χ1n) is 16.5. The minimum Gasteiger partial charge on any atom is -1.00 e. The standard InChI is InChI=1S/C38H38F3N7O2.BrH/c1-42-29-17-19-31(20-18-29)46-33(21-22-43-46)35-34(37(50)47(45(35)2)32-12-8-11-28(23-32)38(39,40)41)36(49)44-30-15-13-27(14-16-30)25-48(3,4)24-26-9-6-5-7-10-26;/h5-12,17-23,27,30H,13-16,24-25H2,2-4H3;1H. The number of hydrogen-bond donors (Lipinski definition) is 1. The quantitative estimate of drug-likeness (QED) is 0.181. The third kappa shape index (κ3) is 8.18. The van der Waals surface area contributed by atoms with Gasteiger partial charge in [0.05, 0.1) is 56.0 Å². The van der Waals surface area contributed by atoms with Crippen molar-refractivity contribution in [3.8, 4) is 22.8 Å². The number of aromatic nitrogens is 4. The number of rotatable bonds is 9. The average molecular weight is 763 g/mol. The van der Waals surface area contributed by atoms with Gasteiger partial charge in [-0.25, -0.2) is 14.2 Å². The van der Waals surface area contributed by atoms with Gasteiger partial charge in [-0.3, -0.25) is 14.3 Å². The van der Waals surface area contributed by atoms with Crippen molar-refractivity contribution < 1.29 is 39.4 Å². The number of alkyl halides is 3. The lowest BCUT2D eigenvalue weighted by Crippen LogP contribution is -3.00. The Balaban J connectivity index is 0.00000504. The molecule has 0 atom stereocenters. The Morgan fingerprint density at radius 2 is 1.65 bits per heavy atom. The fourth-order valence-corrected chi connectivity index (χ4v) is 7.15. The summed E-state index contributed by atoms with van der Waals surface area (Å²) < 4.78 is 46.0. The SMILES string of the molecule is [Br-].[C-]#[N+]c1ccc(-n2nccc2-c2c(C(=O)NC3CCC(C[N+](C)(C)Cc4ccccc4)CC3)c(=O)n(-c3cccc(C(F)(F)F)c3)n2C)cc1. The first kappa shape index (κ1) is 37.3. The van der Waals surface area contributed by atoms with Crippen LogP contribution in [-0.4, -0.2) is 56.2 Å². The van der Waals surface area contributed by atoms with Crippen LogP contribution in [0.3, 0.4) is 0 Å². The third-order valence-corrected chi connectivity index (χ3v) is 9.41. The van der Waals surface area contributed by atoms with Gasteiger partial charge >= 0.3 is 6.18 Å². The van der Waals surface area contributed by atoms with Crippen molar-refractivity contribution in [3.63, 3.8) is 0 Å². The molecule has 2 aromatic heterocycles. The van der Waals surface area contributed by atoms with Crippen LogP contribution in [-0.2, 0) is 19.8 Å². The molecular weight excluding hydrogens is 723 g/mol. The van der Waals surface area contributed by atoms with Crippen LogP contribution in [0.25, 0.3) is 27.6 Å². The molecule has 6 rings (SSSR count). The van der Waals surface area contributed by atoms with E-state index in [1.807, 2.05) is 6.07 Å². The molecule has 266 valence electrons. The van der Waals surface area contributed by atoms with E-state index in [0.717, 1.165) is 60.1 Å². The summed E-state index contributed by atoms with van der Waals surface area (Å²) in [7, 11) is 6.00. The maximum Gasteiger partial charge on any atom is 0.416 e. The van der Waals surface area contributed by atoms with Crippen LogP contribution >= 0.6 is 0 Å². The zero-order valence-electron chi connectivity index (χ0n) is 28.6. The fraction of sp³-hybridized carbons (Fsp3) is 0.316. The van der Waals surface area contributed by atoms with Crippen LogP contribution in [0.4, 0.5) is 18.9 Å². The minimum atomic E-state index is -4.63. The van der Waals surface area contributed by atoms with E-state index in [9.17, 15) is 22.8 Å². The largest absolute Gasteiger partial charge is 1.00 e. The fourth-order valence-electron chi connectivity index (χ4n) is 7.15. The number of amides is 1. The van der Waals surface area contributed by atoms with Crippen molar-refractivity contribution in [2.75, 3.05) is 20.6 Å². The Labute approximate surface area is 305 Å². The first-order chi connectivity index (χ1) is 23.8. The molecule has 1 aliphatic rings. The summed E-state index contributed by atoms with van der Waals surface area (Å²) in [6.45, 7) is 9.20. The molecule has 0 aliphatic heterocycles. The highest BCUT2D eigenvalue weighted by molar-refractivity contribution is 6.00. The number of carbonyl (C=O) groups excluding carboxylic acids is 1. The number of nitrogens with one attached hydrogen (secondary N) is 1. The number of halogens is 4. The van der Waals surface area contributed by atoms with Crippen molar-refractivity contribution >= 4 is 11.6 Å². The van der Waals surface area contributed by atoms with E-state index in [1.165, 1.54) is 40.3 Å². The van der Waals surface area contributed by atoms with Gasteiger partial charge in [0.15, 0.2) is 5.69 Å². The van der Waals surface area contributed by atoms with Gasteiger partial charge in [-0.1, -0.05) is 48.5 Å². The van der Waals surface area contributed by atoms with Crippen LogP contribution in [0.1, 0.15) is 47.2 Å². The maximum absolute atomic E-state index is 14.2. The van der Waals surface area contributed by atoms with E-state index in [2.05, 4.69) is 53.6 Å². The monoisotopic (exact) mass is 761 g/mol. The van der Waals surface area contributed by atoms with Gasteiger partial charge in [-0.2, -0.15) is 18.3 Å². The summed E-state index contributed by atoms with van der Waals surface area (Å²) in [4.78, 5) is 31.7. The molecule has 0 saturated heterocycles. The third-order valence-electron chi connectivity index (χ3n) is 9.41. The van der Waals surface area contributed by atoms with Crippen molar-refractivity contribution in [2.45, 2.75) is 44.4 Å². The molecule has 51 heavy (non-hydrogen) atoms. The van der Waals surface area contributed by atoms with Crippen LogP contribution < -0.4 is 27.9 Å². The Hall–Kier alpha value is -4.93. The number of hydrogen-bond acceptors (Lipinski definition) is 3. The number of benzene rings is 3. The number of quaternary nitrogens is 1. The van der Waals surface area contributed by atoms with E-state index in [4.69, 9.17) is 6.57 Å². The van der Waals surface area contributed by atoms with Gasteiger partial charge in [0.1, 0.15) is 17.8 Å². The smallest absolute Gasteiger partial charge is 0.416 e. The van der Waals surface area contributed by atoms with Crippen molar-refractivity contribution in [1.29, 1.82) is 0 Å². The van der Waals surface area contributed by atoms with Gasteiger partial charge in [-0.15, -0.1) is 0 Å². The second-order valence-electron chi connectivity index (χ2n) is 13.6. The van der Waals surface area contributed by atoms with E-state index in [-0.39, 0.29) is 40.0 Å². The molecule has 0 bridgehead atoms.